The highest BCUT2D eigenvalue weighted by Gasteiger charge is 2.11. The van der Waals surface area contributed by atoms with Crippen LogP contribution in [-0.4, -0.2) is 27.1 Å². The van der Waals surface area contributed by atoms with Crippen molar-refractivity contribution in [2.75, 3.05) is 12.4 Å². The number of carbonyl (C=O) groups excluding carboxylic acids is 1. The molecule has 0 aromatic rings. The summed E-state index contributed by atoms with van der Waals surface area (Å²) in [4.78, 5) is 10.9. The molecule has 0 radical (unpaired) electrons. The van der Waals surface area contributed by atoms with Crippen LogP contribution in [0, 0.1) is 5.41 Å². The van der Waals surface area contributed by atoms with Crippen molar-refractivity contribution in [3.05, 3.63) is 0 Å². The van der Waals surface area contributed by atoms with Gasteiger partial charge in [-0.25, -0.2) is 0 Å². The van der Waals surface area contributed by atoms with Crippen molar-refractivity contribution < 1.29 is 18.3 Å². The molecule has 84 valence electrons. The minimum absolute atomic E-state index is 0.0553. The van der Waals surface area contributed by atoms with Crippen LogP contribution in [0.3, 0.4) is 0 Å². The number of carbonyl (C=O) groups is 1. The zero-order chi connectivity index (χ0) is 11.2. The summed E-state index contributed by atoms with van der Waals surface area (Å²) < 4.78 is 25.1. The van der Waals surface area contributed by atoms with Gasteiger partial charge < -0.3 is 9.29 Å². The van der Waals surface area contributed by atoms with Crippen LogP contribution in [0.25, 0.3) is 0 Å². The van der Waals surface area contributed by atoms with E-state index in [0.717, 1.165) is 6.42 Å². The van der Waals surface area contributed by atoms with Crippen molar-refractivity contribution in [3.8, 4) is 0 Å². The number of hydrogen-bond donors (Lipinski definition) is 0. The molecule has 0 bridgehead atoms. The van der Waals surface area contributed by atoms with Gasteiger partial charge in [0.05, 0.1) is 13.0 Å². The van der Waals surface area contributed by atoms with Gasteiger partial charge in [-0.1, -0.05) is 31.9 Å². The third-order valence-corrected chi connectivity index (χ3v) is 2.13. The lowest BCUT2D eigenvalue weighted by atomic mass is 9.93. The zero-order valence-corrected chi connectivity index (χ0v) is 9.69. The first-order chi connectivity index (χ1) is 6.31. The standard InChI is InChI=1S/C9H18O4S/c1-9(2,3)5-6-13-8(10)4-7-14(11)12/h4-7H2,1-3H3,(H,11,12)/p-1. The summed E-state index contributed by atoms with van der Waals surface area (Å²) in [6.07, 6.45) is 0.722. The van der Waals surface area contributed by atoms with Crippen LogP contribution in [0.15, 0.2) is 0 Å². The van der Waals surface area contributed by atoms with Crippen molar-refractivity contribution in [2.45, 2.75) is 33.6 Å². The average Bonchev–Trinajstić information content (AvgIpc) is 1.98. The first-order valence-electron chi connectivity index (χ1n) is 4.53. The molecule has 0 spiro atoms. The predicted octanol–water partition coefficient (Wildman–Crippen LogP) is 1.24. The molecule has 14 heavy (non-hydrogen) atoms. The molecule has 0 aromatic heterocycles. The van der Waals surface area contributed by atoms with Gasteiger partial charge >= 0.3 is 5.97 Å². The second-order valence-electron chi connectivity index (χ2n) is 4.29. The van der Waals surface area contributed by atoms with Crippen molar-refractivity contribution >= 4 is 17.0 Å². The molecule has 0 amide bonds. The Bertz CT molecular complexity index is 207. The highest BCUT2D eigenvalue weighted by atomic mass is 32.2. The van der Waals surface area contributed by atoms with Gasteiger partial charge in [0.2, 0.25) is 0 Å². The zero-order valence-electron chi connectivity index (χ0n) is 8.87. The van der Waals surface area contributed by atoms with Crippen molar-refractivity contribution in [2.24, 2.45) is 5.41 Å². The Labute approximate surface area is 87.3 Å². The molecule has 0 heterocycles. The van der Waals surface area contributed by atoms with Crippen molar-refractivity contribution in [1.29, 1.82) is 0 Å². The topological polar surface area (TPSA) is 66.4 Å². The fourth-order valence-electron chi connectivity index (χ4n) is 0.710. The lowest BCUT2D eigenvalue weighted by molar-refractivity contribution is -0.143. The number of ether oxygens (including phenoxy) is 1. The van der Waals surface area contributed by atoms with Gasteiger partial charge in [-0.05, 0) is 11.8 Å². The van der Waals surface area contributed by atoms with Gasteiger partial charge in [-0.15, -0.1) is 0 Å². The first kappa shape index (κ1) is 13.6. The Kier molecular flexibility index (Phi) is 5.95. The fourth-order valence-corrected chi connectivity index (χ4v) is 1.04. The molecule has 0 fully saturated rings. The Hall–Kier alpha value is -0.420. The summed E-state index contributed by atoms with van der Waals surface area (Å²) in [6, 6.07) is 0. The van der Waals surface area contributed by atoms with Crippen molar-refractivity contribution in [3.63, 3.8) is 0 Å². The molecule has 0 aliphatic carbocycles. The monoisotopic (exact) mass is 221 g/mol. The van der Waals surface area contributed by atoms with E-state index in [-0.39, 0.29) is 17.6 Å². The molecule has 0 saturated heterocycles. The Morgan fingerprint density at radius 1 is 1.43 bits per heavy atom. The molecular weight excluding hydrogens is 204 g/mol. The van der Waals surface area contributed by atoms with E-state index in [1.54, 1.807) is 0 Å². The molecular formula is C9H17O4S-. The van der Waals surface area contributed by atoms with Crippen LogP contribution in [0.5, 0.6) is 0 Å². The molecule has 0 N–H and O–H groups in total. The van der Waals surface area contributed by atoms with E-state index >= 15 is 0 Å². The summed E-state index contributed by atoms with van der Waals surface area (Å²) in [5.74, 6) is -0.604. The van der Waals surface area contributed by atoms with E-state index in [4.69, 9.17) is 4.74 Å². The molecule has 1 unspecified atom stereocenters. The quantitative estimate of drug-likeness (QED) is 0.517. The van der Waals surface area contributed by atoms with Crippen LogP contribution in [0.1, 0.15) is 33.6 Å². The van der Waals surface area contributed by atoms with Gasteiger partial charge in [-0.2, -0.15) is 0 Å². The summed E-state index contributed by atoms with van der Waals surface area (Å²) in [5, 5.41) is 0. The predicted molar refractivity (Wildman–Crippen MR) is 53.4 cm³/mol. The summed E-state index contributed by atoms with van der Waals surface area (Å²) in [5.41, 5.74) is 0.127. The highest BCUT2D eigenvalue weighted by molar-refractivity contribution is 7.79. The second-order valence-corrected chi connectivity index (χ2v) is 5.30. The minimum Gasteiger partial charge on any atom is -0.772 e. The lowest BCUT2D eigenvalue weighted by Gasteiger charge is -2.17. The van der Waals surface area contributed by atoms with E-state index < -0.39 is 17.0 Å². The minimum atomic E-state index is -2.16. The SMILES string of the molecule is CC(C)(C)CCOC(=O)CCS(=O)[O-]. The smallest absolute Gasteiger partial charge is 0.306 e. The number of rotatable bonds is 5. The third kappa shape index (κ3) is 9.67. The fraction of sp³-hybridized carbons (Fsp3) is 0.889. The summed E-state index contributed by atoms with van der Waals surface area (Å²) in [7, 11) is 0. The normalized spacial score (nSPS) is 13.7. The van der Waals surface area contributed by atoms with Gasteiger partial charge in [0.1, 0.15) is 0 Å². The van der Waals surface area contributed by atoms with Crippen LogP contribution in [0.2, 0.25) is 0 Å². The molecule has 4 nitrogen and oxygen atoms in total. The Morgan fingerprint density at radius 3 is 2.43 bits per heavy atom. The van der Waals surface area contributed by atoms with E-state index in [9.17, 15) is 13.6 Å². The van der Waals surface area contributed by atoms with Gasteiger partial charge in [0.15, 0.2) is 0 Å². The molecule has 0 aliphatic heterocycles. The van der Waals surface area contributed by atoms with Crippen LogP contribution in [0.4, 0.5) is 0 Å². The maximum atomic E-state index is 10.9. The van der Waals surface area contributed by atoms with E-state index in [0.29, 0.717) is 6.61 Å². The molecule has 0 aromatic carbocycles. The second kappa shape index (κ2) is 6.14. The maximum Gasteiger partial charge on any atom is 0.306 e. The van der Waals surface area contributed by atoms with Crippen LogP contribution >= 0.6 is 0 Å². The molecule has 0 saturated carbocycles. The number of hydrogen-bond acceptors (Lipinski definition) is 4. The summed E-state index contributed by atoms with van der Waals surface area (Å²) in [6.45, 7) is 6.50. The highest BCUT2D eigenvalue weighted by Crippen LogP contribution is 2.17. The molecule has 0 aliphatic rings. The van der Waals surface area contributed by atoms with E-state index in [1.807, 2.05) is 20.8 Å². The largest absolute Gasteiger partial charge is 0.772 e. The van der Waals surface area contributed by atoms with Gasteiger partial charge in [-0.3, -0.25) is 9.00 Å². The lowest BCUT2D eigenvalue weighted by Crippen LogP contribution is -2.14. The average molecular weight is 221 g/mol. The van der Waals surface area contributed by atoms with E-state index in [2.05, 4.69) is 0 Å². The molecule has 0 rings (SSSR count). The van der Waals surface area contributed by atoms with Crippen molar-refractivity contribution in [1.82, 2.24) is 0 Å². The van der Waals surface area contributed by atoms with Gasteiger partial charge in [0.25, 0.3) is 0 Å². The Morgan fingerprint density at radius 2 is 2.00 bits per heavy atom. The number of esters is 1. The Balaban J connectivity index is 3.50. The van der Waals surface area contributed by atoms with Crippen LogP contribution < -0.4 is 0 Å². The van der Waals surface area contributed by atoms with Crippen LogP contribution in [-0.2, 0) is 20.6 Å². The first-order valence-corrected chi connectivity index (χ1v) is 5.77. The van der Waals surface area contributed by atoms with Gasteiger partial charge in [0, 0.05) is 5.75 Å². The van der Waals surface area contributed by atoms with E-state index in [1.165, 1.54) is 0 Å². The maximum absolute atomic E-state index is 10.9. The summed E-state index contributed by atoms with van der Waals surface area (Å²) >= 11 is -2.16. The third-order valence-electron chi connectivity index (χ3n) is 1.59. The molecule has 1 atom stereocenters. The molecule has 5 heteroatoms.